The molecule has 4 heteroatoms. The van der Waals surface area contributed by atoms with Crippen LogP contribution in [0.25, 0.3) is 0 Å². The van der Waals surface area contributed by atoms with Gasteiger partial charge in [0.05, 0.1) is 5.56 Å². The average molecular weight is 368 g/mol. The molecule has 0 radical (unpaired) electrons. The van der Waals surface area contributed by atoms with Crippen LogP contribution in [-0.2, 0) is 6.18 Å². The number of hydrogen-bond donors (Lipinski definition) is 0. The van der Waals surface area contributed by atoms with Crippen LogP contribution in [0.1, 0.15) is 75.3 Å². The van der Waals surface area contributed by atoms with E-state index in [4.69, 9.17) is 0 Å². The van der Waals surface area contributed by atoms with Gasteiger partial charge in [-0.3, -0.25) is 0 Å². The van der Waals surface area contributed by atoms with Crippen molar-refractivity contribution in [1.82, 2.24) is 0 Å². The summed E-state index contributed by atoms with van der Waals surface area (Å²) in [7, 11) is 0. The maximum absolute atomic E-state index is 13.8. The summed E-state index contributed by atoms with van der Waals surface area (Å²) in [5.74, 6) is 1.16. The van der Waals surface area contributed by atoms with Crippen LogP contribution in [0.15, 0.2) is 30.4 Å². The maximum Gasteiger partial charge on any atom is 0.419 e. The molecular weight excluding hydrogens is 340 g/mol. The molecule has 3 rings (SSSR count). The molecule has 2 aliphatic carbocycles. The monoisotopic (exact) mass is 368 g/mol. The van der Waals surface area contributed by atoms with E-state index < -0.39 is 17.6 Å². The fraction of sp³-hybridized carbons (Fsp3) is 0.636. The van der Waals surface area contributed by atoms with E-state index in [-0.39, 0.29) is 5.92 Å². The Bertz CT molecular complexity index is 616. The largest absolute Gasteiger partial charge is 0.419 e. The van der Waals surface area contributed by atoms with Crippen molar-refractivity contribution >= 4 is 0 Å². The van der Waals surface area contributed by atoms with Crippen LogP contribution < -0.4 is 0 Å². The molecule has 2 aliphatic rings. The quantitative estimate of drug-likeness (QED) is 0.383. The second-order valence-corrected chi connectivity index (χ2v) is 8.25. The zero-order valence-electron chi connectivity index (χ0n) is 15.4. The lowest BCUT2D eigenvalue weighted by Gasteiger charge is -2.28. The van der Waals surface area contributed by atoms with E-state index in [1.54, 1.807) is 0 Å². The van der Waals surface area contributed by atoms with Crippen LogP contribution in [0.3, 0.4) is 0 Å². The Kier molecular flexibility index (Phi) is 6.09. The van der Waals surface area contributed by atoms with Gasteiger partial charge in [0.15, 0.2) is 0 Å². The Morgan fingerprint density at radius 3 is 1.88 bits per heavy atom. The Morgan fingerprint density at radius 2 is 1.38 bits per heavy atom. The van der Waals surface area contributed by atoms with Gasteiger partial charge in [0.25, 0.3) is 0 Å². The summed E-state index contributed by atoms with van der Waals surface area (Å²) in [5, 5.41) is 0. The zero-order valence-corrected chi connectivity index (χ0v) is 15.4. The van der Waals surface area contributed by atoms with Gasteiger partial charge in [-0.25, -0.2) is 4.39 Å². The minimum atomic E-state index is -4.62. The molecule has 144 valence electrons. The normalized spacial score (nSPS) is 30.7. The molecular formula is C22H28F4. The third kappa shape index (κ3) is 4.89. The SMILES string of the molecule is CC1CCC(/C=C/C2CCC(c3ccc(C(F)(F)F)c(F)c3)CC2)CC1. The van der Waals surface area contributed by atoms with E-state index in [0.717, 1.165) is 43.7 Å². The Hall–Kier alpha value is -1.32. The molecule has 26 heavy (non-hydrogen) atoms. The van der Waals surface area contributed by atoms with Crippen molar-refractivity contribution in [2.24, 2.45) is 17.8 Å². The lowest BCUT2D eigenvalue weighted by molar-refractivity contribution is -0.140. The van der Waals surface area contributed by atoms with E-state index in [1.165, 1.54) is 31.7 Å². The smallest absolute Gasteiger partial charge is 0.206 e. The number of hydrogen-bond acceptors (Lipinski definition) is 0. The molecule has 0 spiro atoms. The predicted molar refractivity (Wildman–Crippen MR) is 96.4 cm³/mol. The van der Waals surface area contributed by atoms with E-state index in [2.05, 4.69) is 19.1 Å². The minimum absolute atomic E-state index is 0.173. The van der Waals surface area contributed by atoms with Crippen molar-refractivity contribution in [3.05, 3.63) is 47.3 Å². The van der Waals surface area contributed by atoms with E-state index in [9.17, 15) is 17.6 Å². The number of halogens is 4. The average Bonchev–Trinajstić information content (AvgIpc) is 2.60. The molecule has 0 heterocycles. The van der Waals surface area contributed by atoms with Crippen LogP contribution >= 0.6 is 0 Å². The first-order valence-corrected chi connectivity index (χ1v) is 9.88. The van der Waals surface area contributed by atoms with Crippen molar-refractivity contribution in [3.8, 4) is 0 Å². The summed E-state index contributed by atoms with van der Waals surface area (Å²) in [5.41, 5.74) is -0.459. The first kappa shape index (κ1) is 19.4. The molecule has 0 amide bonds. The van der Waals surface area contributed by atoms with E-state index >= 15 is 0 Å². The van der Waals surface area contributed by atoms with Gasteiger partial charge in [-0.05, 0) is 79.9 Å². The van der Waals surface area contributed by atoms with Crippen LogP contribution in [-0.4, -0.2) is 0 Å². The first-order valence-electron chi connectivity index (χ1n) is 9.88. The van der Waals surface area contributed by atoms with Gasteiger partial charge in [0.2, 0.25) is 0 Å². The molecule has 0 unspecified atom stereocenters. The van der Waals surface area contributed by atoms with Crippen LogP contribution in [0, 0.1) is 23.6 Å². The molecule has 1 aromatic carbocycles. The van der Waals surface area contributed by atoms with Gasteiger partial charge in [-0.2, -0.15) is 13.2 Å². The van der Waals surface area contributed by atoms with Crippen molar-refractivity contribution in [1.29, 1.82) is 0 Å². The van der Waals surface area contributed by atoms with Crippen molar-refractivity contribution < 1.29 is 17.6 Å². The highest BCUT2D eigenvalue weighted by Crippen LogP contribution is 2.39. The maximum atomic E-state index is 13.8. The predicted octanol–water partition coefficient (Wildman–Crippen LogP) is 7.50. The van der Waals surface area contributed by atoms with Crippen molar-refractivity contribution in [2.45, 2.75) is 70.4 Å². The highest BCUT2D eigenvalue weighted by Gasteiger charge is 2.34. The lowest BCUT2D eigenvalue weighted by atomic mass is 9.77. The van der Waals surface area contributed by atoms with Gasteiger partial charge in [-0.1, -0.05) is 38.0 Å². The zero-order chi connectivity index (χ0) is 18.7. The number of benzene rings is 1. The fourth-order valence-electron chi connectivity index (χ4n) is 4.45. The second kappa shape index (κ2) is 8.14. The molecule has 0 bridgehead atoms. The summed E-state index contributed by atoms with van der Waals surface area (Å²) in [6.45, 7) is 2.32. The summed E-state index contributed by atoms with van der Waals surface area (Å²) < 4.78 is 51.9. The Morgan fingerprint density at radius 1 is 0.846 bits per heavy atom. The summed E-state index contributed by atoms with van der Waals surface area (Å²) >= 11 is 0. The van der Waals surface area contributed by atoms with Crippen LogP contribution in [0.5, 0.6) is 0 Å². The number of rotatable bonds is 3. The van der Waals surface area contributed by atoms with Crippen molar-refractivity contribution in [2.75, 3.05) is 0 Å². The summed E-state index contributed by atoms with van der Waals surface area (Å²) in [6.07, 6.45) is 9.27. The third-order valence-electron chi connectivity index (χ3n) is 6.26. The molecule has 0 N–H and O–H groups in total. The van der Waals surface area contributed by atoms with Crippen LogP contribution in [0.2, 0.25) is 0 Å². The lowest BCUT2D eigenvalue weighted by Crippen LogP contribution is -2.14. The molecule has 0 saturated heterocycles. The van der Waals surface area contributed by atoms with Gasteiger partial charge < -0.3 is 0 Å². The topological polar surface area (TPSA) is 0 Å². The Labute approximate surface area is 153 Å². The summed E-state index contributed by atoms with van der Waals surface area (Å²) in [4.78, 5) is 0. The molecule has 0 aliphatic heterocycles. The highest BCUT2D eigenvalue weighted by atomic mass is 19.4. The molecule has 1 aromatic rings. The van der Waals surface area contributed by atoms with E-state index in [1.807, 2.05) is 0 Å². The van der Waals surface area contributed by atoms with E-state index in [0.29, 0.717) is 17.4 Å². The molecule has 2 fully saturated rings. The first-order chi connectivity index (χ1) is 12.3. The number of alkyl halides is 3. The standard InChI is InChI=1S/C22H28F4/c1-15-2-4-16(5-3-15)6-7-17-8-10-18(11-9-17)19-12-13-20(21(23)14-19)22(24,25)26/h6-7,12-18H,2-5,8-11H2,1H3/b7-6+. The van der Waals surface area contributed by atoms with Gasteiger partial charge in [0, 0.05) is 0 Å². The van der Waals surface area contributed by atoms with Crippen molar-refractivity contribution in [3.63, 3.8) is 0 Å². The second-order valence-electron chi connectivity index (χ2n) is 8.25. The molecule has 0 nitrogen and oxygen atoms in total. The van der Waals surface area contributed by atoms with Gasteiger partial charge >= 0.3 is 6.18 Å². The molecule has 0 atom stereocenters. The Balaban J connectivity index is 1.53. The van der Waals surface area contributed by atoms with Gasteiger partial charge in [0.1, 0.15) is 5.82 Å². The van der Waals surface area contributed by atoms with Crippen LogP contribution in [0.4, 0.5) is 17.6 Å². The molecule has 2 saturated carbocycles. The minimum Gasteiger partial charge on any atom is -0.206 e. The third-order valence-corrected chi connectivity index (χ3v) is 6.26. The molecule has 0 aromatic heterocycles. The van der Waals surface area contributed by atoms with Gasteiger partial charge in [-0.15, -0.1) is 0 Å². The summed E-state index contributed by atoms with van der Waals surface area (Å²) in [6, 6.07) is 3.43. The fourth-order valence-corrected chi connectivity index (χ4v) is 4.45. The number of allylic oxidation sites excluding steroid dienone is 2. The highest BCUT2D eigenvalue weighted by molar-refractivity contribution is 5.29.